The van der Waals surface area contributed by atoms with Crippen LogP contribution in [0.15, 0.2) is 0 Å². The summed E-state index contributed by atoms with van der Waals surface area (Å²) in [5.41, 5.74) is 4.90. The van der Waals surface area contributed by atoms with Crippen LogP contribution in [0, 0.1) is 29.1 Å². The molecular formula is C13H20N2OS. The summed E-state index contributed by atoms with van der Waals surface area (Å²) >= 11 is 4.96. The van der Waals surface area contributed by atoms with E-state index in [0.29, 0.717) is 6.04 Å². The van der Waals surface area contributed by atoms with Crippen LogP contribution in [0.1, 0.15) is 33.1 Å². The van der Waals surface area contributed by atoms with E-state index in [-0.39, 0.29) is 10.9 Å². The summed E-state index contributed by atoms with van der Waals surface area (Å²) in [4.78, 5) is 12.4. The van der Waals surface area contributed by atoms with Gasteiger partial charge in [0.2, 0.25) is 5.91 Å². The van der Waals surface area contributed by atoms with Gasteiger partial charge in [-0.15, -0.1) is 0 Å². The Morgan fingerprint density at radius 3 is 2.29 bits per heavy atom. The van der Waals surface area contributed by atoms with Gasteiger partial charge in [0.15, 0.2) is 0 Å². The van der Waals surface area contributed by atoms with E-state index < -0.39 is 5.41 Å². The average molecular weight is 252 g/mol. The maximum Gasteiger partial charge on any atom is 0.232 e. The van der Waals surface area contributed by atoms with Crippen molar-refractivity contribution in [3.8, 4) is 0 Å². The molecule has 4 heteroatoms. The standard InChI is InChI=1S/C13H20N2OS/c1-13(2,11(14)17)12(16)15-10-8-6-3-4-7(5-6)9(8)10/h6-10H,3-5H2,1-2H3,(H2,14,17)(H,15,16). The highest BCUT2D eigenvalue weighted by Gasteiger charge is 2.65. The molecule has 4 unspecified atom stereocenters. The molecule has 0 aromatic heterocycles. The number of thiocarbonyl (C=S) groups is 1. The molecule has 3 aliphatic rings. The molecule has 3 nitrogen and oxygen atoms in total. The zero-order chi connectivity index (χ0) is 12.4. The van der Waals surface area contributed by atoms with Gasteiger partial charge in [0.05, 0.1) is 10.4 Å². The van der Waals surface area contributed by atoms with Gasteiger partial charge in [0.1, 0.15) is 0 Å². The Bertz CT molecular complexity index is 377. The van der Waals surface area contributed by atoms with Gasteiger partial charge in [-0.2, -0.15) is 0 Å². The lowest BCUT2D eigenvalue weighted by atomic mass is 9.92. The number of hydrogen-bond donors (Lipinski definition) is 2. The second kappa shape index (κ2) is 3.44. The van der Waals surface area contributed by atoms with Gasteiger partial charge in [0.25, 0.3) is 0 Å². The molecule has 0 radical (unpaired) electrons. The maximum atomic E-state index is 12.1. The Hall–Kier alpha value is -0.640. The first-order valence-electron chi connectivity index (χ1n) is 6.54. The topological polar surface area (TPSA) is 55.1 Å². The fourth-order valence-corrected chi connectivity index (χ4v) is 4.05. The van der Waals surface area contributed by atoms with Crippen LogP contribution in [-0.4, -0.2) is 16.9 Å². The number of fused-ring (bicyclic) bond motifs is 5. The molecule has 0 aromatic rings. The van der Waals surface area contributed by atoms with Crippen molar-refractivity contribution in [3.63, 3.8) is 0 Å². The second-order valence-electron chi connectivity index (χ2n) is 6.48. The molecule has 4 atom stereocenters. The molecule has 3 aliphatic carbocycles. The van der Waals surface area contributed by atoms with E-state index >= 15 is 0 Å². The number of amides is 1. The first-order valence-corrected chi connectivity index (χ1v) is 6.94. The van der Waals surface area contributed by atoms with Crippen LogP contribution in [0.4, 0.5) is 0 Å². The van der Waals surface area contributed by atoms with Crippen molar-refractivity contribution >= 4 is 23.1 Å². The van der Waals surface area contributed by atoms with E-state index in [9.17, 15) is 4.79 Å². The molecule has 3 N–H and O–H groups in total. The first-order chi connectivity index (χ1) is 7.93. The fraction of sp³-hybridized carbons (Fsp3) is 0.846. The van der Waals surface area contributed by atoms with Gasteiger partial charge in [-0.3, -0.25) is 4.79 Å². The average Bonchev–Trinajstić information content (AvgIpc) is 2.69. The normalized spacial score (nSPS) is 42.1. The second-order valence-corrected chi connectivity index (χ2v) is 6.92. The summed E-state index contributed by atoms with van der Waals surface area (Å²) in [6.07, 6.45) is 4.15. The molecule has 0 saturated heterocycles. The largest absolute Gasteiger partial charge is 0.392 e. The summed E-state index contributed by atoms with van der Waals surface area (Å²) in [6.45, 7) is 3.61. The minimum absolute atomic E-state index is 0.00352. The Morgan fingerprint density at radius 2 is 1.82 bits per heavy atom. The molecule has 1 amide bonds. The lowest BCUT2D eigenvalue weighted by molar-refractivity contribution is -0.126. The predicted molar refractivity (Wildman–Crippen MR) is 70.3 cm³/mol. The highest BCUT2D eigenvalue weighted by Crippen LogP contribution is 2.65. The van der Waals surface area contributed by atoms with E-state index in [1.807, 2.05) is 0 Å². The van der Waals surface area contributed by atoms with Gasteiger partial charge >= 0.3 is 0 Å². The van der Waals surface area contributed by atoms with Crippen LogP contribution in [0.5, 0.6) is 0 Å². The van der Waals surface area contributed by atoms with Gasteiger partial charge in [-0.1, -0.05) is 12.2 Å². The third-order valence-corrected chi connectivity index (χ3v) is 5.73. The molecule has 0 aromatic carbocycles. The molecule has 0 aliphatic heterocycles. The van der Waals surface area contributed by atoms with Crippen LogP contribution >= 0.6 is 12.2 Å². The highest BCUT2D eigenvalue weighted by atomic mass is 32.1. The lowest BCUT2D eigenvalue weighted by Gasteiger charge is -2.23. The third-order valence-electron chi connectivity index (χ3n) is 5.22. The van der Waals surface area contributed by atoms with Gasteiger partial charge in [-0.25, -0.2) is 0 Å². The van der Waals surface area contributed by atoms with Crippen molar-refractivity contribution in [3.05, 3.63) is 0 Å². The van der Waals surface area contributed by atoms with E-state index in [4.69, 9.17) is 18.0 Å². The fourth-order valence-electron chi connectivity index (χ4n) is 3.96. The van der Waals surface area contributed by atoms with Crippen LogP contribution in [0.3, 0.4) is 0 Å². The Morgan fingerprint density at radius 1 is 1.29 bits per heavy atom. The zero-order valence-corrected chi connectivity index (χ0v) is 11.2. The van der Waals surface area contributed by atoms with Crippen LogP contribution < -0.4 is 11.1 Å². The van der Waals surface area contributed by atoms with Crippen molar-refractivity contribution in [1.29, 1.82) is 0 Å². The molecule has 0 heterocycles. The van der Waals surface area contributed by atoms with E-state index in [1.54, 1.807) is 13.8 Å². The number of nitrogens with one attached hydrogen (secondary N) is 1. The quantitative estimate of drug-likeness (QED) is 0.748. The monoisotopic (exact) mass is 252 g/mol. The van der Waals surface area contributed by atoms with Crippen molar-refractivity contribution < 1.29 is 4.79 Å². The van der Waals surface area contributed by atoms with Crippen LogP contribution in [0.25, 0.3) is 0 Å². The number of carbonyl (C=O) groups excluding carboxylic acids is 1. The summed E-state index contributed by atoms with van der Waals surface area (Å²) in [7, 11) is 0. The van der Waals surface area contributed by atoms with Crippen molar-refractivity contribution in [2.24, 2.45) is 34.8 Å². The van der Waals surface area contributed by atoms with E-state index in [2.05, 4.69) is 5.32 Å². The number of nitrogens with two attached hydrogens (primary N) is 1. The van der Waals surface area contributed by atoms with Gasteiger partial charge in [-0.05, 0) is 56.8 Å². The van der Waals surface area contributed by atoms with Gasteiger partial charge < -0.3 is 11.1 Å². The summed E-state index contributed by atoms with van der Waals surface area (Å²) in [5.74, 6) is 3.29. The Balaban J connectivity index is 1.63. The molecular weight excluding hydrogens is 232 g/mol. The highest BCUT2D eigenvalue weighted by molar-refractivity contribution is 7.80. The molecule has 17 heavy (non-hydrogen) atoms. The SMILES string of the molecule is CC(C)(C(=O)NC1C2C3CCC(C3)C12)C(N)=S. The van der Waals surface area contributed by atoms with Gasteiger partial charge in [0, 0.05) is 6.04 Å². The molecule has 2 bridgehead atoms. The molecule has 94 valence electrons. The third kappa shape index (κ3) is 1.53. The summed E-state index contributed by atoms with van der Waals surface area (Å²) < 4.78 is 0. The van der Waals surface area contributed by atoms with Crippen LogP contribution in [0.2, 0.25) is 0 Å². The van der Waals surface area contributed by atoms with E-state index in [1.165, 1.54) is 19.3 Å². The smallest absolute Gasteiger partial charge is 0.232 e. The minimum Gasteiger partial charge on any atom is -0.392 e. The number of carbonyl (C=O) groups is 1. The predicted octanol–water partition coefficient (Wildman–Crippen LogP) is 1.46. The molecule has 0 spiro atoms. The molecule has 3 saturated carbocycles. The summed E-state index contributed by atoms with van der Waals surface area (Å²) in [5, 5.41) is 3.17. The van der Waals surface area contributed by atoms with Crippen LogP contribution in [-0.2, 0) is 4.79 Å². The molecule has 3 fully saturated rings. The lowest BCUT2D eigenvalue weighted by Crippen LogP contribution is -2.46. The molecule has 3 rings (SSSR count). The van der Waals surface area contributed by atoms with Crippen molar-refractivity contribution in [2.45, 2.75) is 39.2 Å². The Labute approximate surface area is 108 Å². The summed E-state index contributed by atoms with van der Waals surface area (Å²) in [6, 6.07) is 0.419. The van der Waals surface area contributed by atoms with Crippen molar-refractivity contribution in [2.75, 3.05) is 0 Å². The number of rotatable bonds is 3. The number of hydrogen-bond acceptors (Lipinski definition) is 2. The minimum atomic E-state index is -0.717. The van der Waals surface area contributed by atoms with E-state index in [0.717, 1.165) is 23.7 Å². The zero-order valence-electron chi connectivity index (χ0n) is 10.4. The van der Waals surface area contributed by atoms with Crippen molar-refractivity contribution in [1.82, 2.24) is 5.32 Å². The first kappa shape index (κ1) is 11.5. The maximum absolute atomic E-state index is 12.1. The Kier molecular flexibility index (Phi) is 2.31.